The van der Waals surface area contributed by atoms with Gasteiger partial charge in [0.05, 0.1) is 6.10 Å². The number of likely N-dealkylation sites (tertiary alicyclic amines) is 1. The highest BCUT2D eigenvalue weighted by Gasteiger charge is 2.30. The van der Waals surface area contributed by atoms with Gasteiger partial charge in [-0.15, -0.1) is 0 Å². The Bertz CT molecular complexity index is 389. The molecule has 0 unspecified atom stereocenters. The van der Waals surface area contributed by atoms with Crippen LogP contribution in [0.4, 0.5) is 0 Å². The van der Waals surface area contributed by atoms with Gasteiger partial charge >= 0.3 is 0 Å². The van der Waals surface area contributed by atoms with E-state index < -0.39 is 0 Å². The molecule has 0 aromatic carbocycles. The standard InChI is InChI=1S/C24H48N2O/c1-6-26-22(5)19(2)14-16-23(26)13-11-9-7-8-10-12-18-27-24-17-15-20(3)25-21(24)4/h19-25H,6-18H2,1-5H3/t19-,20+,21-,22-,23+,24-/m0/s1. The maximum Gasteiger partial charge on any atom is 0.0725 e. The molecule has 0 saturated carbocycles. The van der Waals surface area contributed by atoms with Crippen molar-refractivity contribution in [1.82, 2.24) is 10.2 Å². The fraction of sp³-hybridized carbons (Fsp3) is 1.00. The Kier molecular flexibility index (Phi) is 10.7. The molecule has 0 amide bonds. The van der Waals surface area contributed by atoms with E-state index in [0.717, 1.165) is 24.6 Å². The van der Waals surface area contributed by atoms with Crippen LogP contribution in [0.3, 0.4) is 0 Å². The van der Waals surface area contributed by atoms with E-state index in [2.05, 4.69) is 44.8 Å². The van der Waals surface area contributed by atoms with Gasteiger partial charge in [0.15, 0.2) is 0 Å². The SMILES string of the molecule is CCN1[C@H](CCCCCCCCO[C@H]2CC[C@@H](C)N[C@H]2C)CC[C@H](C)[C@@H]1C. The molecule has 2 aliphatic heterocycles. The average molecular weight is 381 g/mol. The maximum atomic E-state index is 6.13. The van der Waals surface area contributed by atoms with Crippen molar-refractivity contribution in [3.63, 3.8) is 0 Å². The Hall–Kier alpha value is -0.120. The molecule has 6 atom stereocenters. The quantitative estimate of drug-likeness (QED) is 0.460. The summed E-state index contributed by atoms with van der Waals surface area (Å²) in [6.45, 7) is 13.9. The first-order chi connectivity index (χ1) is 13.0. The minimum atomic E-state index is 0.434. The van der Waals surface area contributed by atoms with Gasteiger partial charge in [-0.2, -0.15) is 0 Å². The molecule has 2 aliphatic rings. The summed E-state index contributed by atoms with van der Waals surface area (Å²) >= 11 is 0. The van der Waals surface area contributed by atoms with Crippen LogP contribution in [0.25, 0.3) is 0 Å². The molecule has 3 heteroatoms. The zero-order valence-electron chi connectivity index (χ0n) is 19.0. The molecule has 2 fully saturated rings. The first-order valence-corrected chi connectivity index (χ1v) is 12.2. The number of rotatable bonds is 11. The first kappa shape index (κ1) is 23.2. The molecule has 0 aromatic rings. The predicted molar refractivity (Wildman–Crippen MR) is 117 cm³/mol. The summed E-state index contributed by atoms with van der Waals surface area (Å²) in [6.07, 6.45) is 15.4. The van der Waals surface area contributed by atoms with Gasteiger partial charge in [0, 0.05) is 30.8 Å². The fourth-order valence-corrected chi connectivity index (χ4v) is 5.33. The summed E-state index contributed by atoms with van der Waals surface area (Å²) in [4.78, 5) is 2.77. The molecule has 0 aliphatic carbocycles. The fourth-order valence-electron chi connectivity index (χ4n) is 5.33. The van der Waals surface area contributed by atoms with Crippen LogP contribution in [0.5, 0.6) is 0 Å². The summed E-state index contributed by atoms with van der Waals surface area (Å²) in [5, 5.41) is 3.62. The normalized spacial score (nSPS) is 35.4. The third-order valence-corrected chi connectivity index (χ3v) is 7.39. The lowest BCUT2D eigenvalue weighted by atomic mass is 9.85. The zero-order valence-corrected chi connectivity index (χ0v) is 19.0. The van der Waals surface area contributed by atoms with Crippen molar-refractivity contribution >= 4 is 0 Å². The van der Waals surface area contributed by atoms with Gasteiger partial charge in [0.2, 0.25) is 0 Å². The highest BCUT2D eigenvalue weighted by molar-refractivity contribution is 4.85. The second-order valence-electron chi connectivity index (χ2n) is 9.53. The van der Waals surface area contributed by atoms with E-state index in [1.165, 1.54) is 77.2 Å². The van der Waals surface area contributed by atoms with Crippen molar-refractivity contribution in [2.75, 3.05) is 13.2 Å². The summed E-state index contributed by atoms with van der Waals surface area (Å²) < 4.78 is 6.13. The molecule has 0 aromatic heterocycles. The lowest BCUT2D eigenvalue weighted by molar-refractivity contribution is 0.00357. The van der Waals surface area contributed by atoms with Crippen LogP contribution in [0.15, 0.2) is 0 Å². The molecule has 2 rings (SSSR count). The van der Waals surface area contributed by atoms with Gasteiger partial charge in [0.1, 0.15) is 0 Å². The molecule has 0 bridgehead atoms. The van der Waals surface area contributed by atoms with E-state index in [1.54, 1.807) is 0 Å². The monoisotopic (exact) mass is 380 g/mol. The van der Waals surface area contributed by atoms with Crippen LogP contribution >= 0.6 is 0 Å². The van der Waals surface area contributed by atoms with Crippen LogP contribution in [0.1, 0.15) is 105 Å². The lowest BCUT2D eigenvalue weighted by Gasteiger charge is -2.43. The zero-order chi connectivity index (χ0) is 19.6. The van der Waals surface area contributed by atoms with E-state index in [9.17, 15) is 0 Å². The molecule has 27 heavy (non-hydrogen) atoms. The number of nitrogens with one attached hydrogen (secondary N) is 1. The largest absolute Gasteiger partial charge is 0.377 e. The molecular formula is C24H48N2O. The Balaban J connectivity index is 1.45. The van der Waals surface area contributed by atoms with Gasteiger partial charge in [-0.3, -0.25) is 4.90 Å². The van der Waals surface area contributed by atoms with Gasteiger partial charge in [0.25, 0.3) is 0 Å². The van der Waals surface area contributed by atoms with Gasteiger partial charge in [-0.25, -0.2) is 0 Å². The van der Waals surface area contributed by atoms with Crippen molar-refractivity contribution in [3.05, 3.63) is 0 Å². The predicted octanol–water partition coefficient (Wildman–Crippen LogP) is 5.77. The number of nitrogens with zero attached hydrogens (tertiary/aromatic N) is 1. The summed E-state index contributed by atoms with van der Waals surface area (Å²) in [6, 6.07) is 2.80. The average Bonchev–Trinajstić information content (AvgIpc) is 2.64. The van der Waals surface area contributed by atoms with E-state index >= 15 is 0 Å². The first-order valence-electron chi connectivity index (χ1n) is 12.2. The molecule has 2 heterocycles. The number of piperidine rings is 2. The lowest BCUT2D eigenvalue weighted by Crippen LogP contribution is -2.48. The molecule has 0 spiro atoms. The third kappa shape index (κ3) is 7.66. The topological polar surface area (TPSA) is 24.5 Å². The van der Waals surface area contributed by atoms with Crippen molar-refractivity contribution in [2.45, 2.75) is 136 Å². The molecule has 3 nitrogen and oxygen atoms in total. The third-order valence-electron chi connectivity index (χ3n) is 7.39. The van der Waals surface area contributed by atoms with Crippen molar-refractivity contribution in [2.24, 2.45) is 5.92 Å². The Labute approximate surface area is 170 Å². The molecule has 160 valence electrons. The van der Waals surface area contributed by atoms with Gasteiger partial charge in [-0.05, 0) is 71.8 Å². The smallest absolute Gasteiger partial charge is 0.0725 e. The van der Waals surface area contributed by atoms with Crippen molar-refractivity contribution in [3.8, 4) is 0 Å². The number of hydrogen-bond donors (Lipinski definition) is 1. The van der Waals surface area contributed by atoms with Crippen LogP contribution in [-0.4, -0.2) is 48.3 Å². The van der Waals surface area contributed by atoms with E-state index in [-0.39, 0.29) is 0 Å². The van der Waals surface area contributed by atoms with Crippen LogP contribution in [-0.2, 0) is 4.74 Å². The molecule has 2 saturated heterocycles. The van der Waals surface area contributed by atoms with Crippen molar-refractivity contribution in [1.29, 1.82) is 0 Å². The number of ether oxygens (including phenoxy) is 1. The summed E-state index contributed by atoms with van der Waals surface area (Å²) in [7, 11) is 0. The van der Waals surface area contributed by atoms with Crippen LogP contribution in [0.2, 0.25) is 0 Å². The second-order valence-corrected chi connectivity index (χ2v) is 9.53. The Morgan fingerprint density at radius 1 is 0.852 bits per heavy atom. The van der Waals surface area contributed by atoms with Crippen LogP contribution < -0.4 is 5.32 Å². The molecular weight excluding hydrogens is 332 g/mol. The van der Waals surface area contributed by atoms with Gasteiger partial charge in [-0.1, -0.05) is 46.0 Å². The van der Waals surface area contributed by atoms with E-state index in [0.29, 0.717) is 18.2 Å². The Morgan fingerprint density at radius 3 is 2.26 bits per heavy atom. The molecule has 0 radical (unpaired) electrons. The number of unbranched alkanes of at least 4 members (excludes halogenated alkanes) is 5. The van der Waals surface area contributed by atoms with Gasteiger partial charge < -0.3 is 10.1 Å². The highest BCUT2D eigenvalue weighted by atomic mass is 16.5. The Morgan fingerprint density at radius 2 is 1.56 bits per heavy atom. The van der Waals surface area contributed by atoms with Crippen LogP contribution in [0, 0.1) is 5.92 Å². The second kappa shape index (κ2) is 12.4. The number of hydrogen-bond acceptors (Lipinski definition) is 3. The van der Waals surface area contributed by atoms with E-state index in [1.807, 2.05) is 0 Å². The minimum absolute atomic E-state index is 0.434. The van der Waals surface area contributed by atoms with E-state index in [4.69, 9.17) is 4.74 Å². The summed E-state index contributed by atoms with van der Waals surface area (Å²) in [5.41, 5.74) is 0. The maximum absolute atomic E-state index is 6.13. The molecule has 1 N–H and O–H groups in total. The highest BCUT2D eigenvalue weighted by Crippen LogP contribution is 2.30. The summed E-state index contributed by atoms with van der Waals surface area (Å²) in [5.74, 6) is 0.874. The van der Waals surface area contributed by atoms with Crippen molar-refractivity contribution < 1.29 is 4.74 Å². The minimum Gasteiger partial charge on any atom is -0.377 e.